The molecule has 1 aliphatic heterocycles. The Morgan fingerprint density at radius 2 is 1.95 bits per heavy atom. The quantitative estimate of drug-likeness (QED) is 0.192. The molecule has 3 aromatic rings. The van der Waals surface area contributed by atoms with Crippen molar-refractivity contribution in [1.29, 1.82) is 5.26 Å². The number of hydrogen-bond acceptors (Lipinski definition) is 6. The van der Waals surface area contributed by atoms with Crippen molar-refractivity contribution >= 4 is 40.1 Å². The van der Waals surface area contributed by atoms with E-state index >= 15 is 0 Å². The lowest BCUT2D eigenvalue weighted by Gasteiger charge is -2.28. The Labute approximate surface area is 255 Å². The largest absolute Gasteiger partial charge is 0.333 e. The molecule has 0 aliphatic carbocycles. The normalized spacial score (nSPS) is 16.7. The number of benzene rings is 1. The number of alkyl halides is 2. The summed E-state index contributed by atoms with van der Waals surface area (Å²) in [6.07, 6.45) is 0.548. The summed E-state index contributed by atoms with van der Waals surface area (Å²) in [4.78, 5) is 32.9. The van der Waals surface area contributed by atoms with E-state index in [4.69, 9.17) is 4.98 Å². The number of amides is 2. The highest BCUT2D eigenvalue weighted by Crippen LogP contribution is 2.30. The van der Waals surface area contributed by atoms with Crippen LogP contribution in [0.2, 0.25) is 0 Å². The Morgan fingerprint density at radius 1 is 1.21 bits per heavy atom. The van der Waals surface area contributed by atoms with Gasteiger partial charge in [0.05, 0.1) is 26.8 Å². The van der Waals surface area contributed by atoms with Crippen molar-refractivity contribution < 1.29 is 18.4 Å². The van der Waals surface area contributed by atoms with Crippen LogP contribution in [0.4, 0.5) is 14.7 Å². The van der Waals surface area contributed by atoms with Gasteiger partial charge in [-0.15, -0.1) is 11.3 Å². The fourth-order valence-corrected chi connectivity index (χ4v) is 5.80. The van der Waals surface area contributed by atoms with Crippen LogP contribution in [0.3, 0.4) is 0 Å². The third kappa shape index (κ3) is 7.67. The maximum Gasteiger partial charge on any atom is 0.272 e. The van der Waals surface area contributed by atoms with E-state index in [0.717, 1.165) is 35.3 Å². The number of nitriles is 1. The average Bonchev–Trinajstić information content (AvgIpc) is 3.69. The van der Waals surface area contributed by atoms with E-state index in [2.05, 4.69) is 44.4 Å². The van der Waals surface area contributed by atoms with Crippen LogP contribution < -0.4 is 10.6 Å². The zero-order chi connectivity index (χ0) is 31.5. The minimum absolute atomic E-state index is 0.0528. The molecule has 0 radical (unpaired) electrons. The SMILES string of the molecule is CC(C)C=C(C#N)C(=O)N1CCCC1Cn1c(NC(=O)c2ccc(C(F)F)s2)nc2cc(CN[C@@H](C)C(C)(C)C)ccc21. The van der Waals surface area contributed by atoms with Gasteiger partial charge in [0.25, 0.3) is 18.2 Å². The second-order valence-electron chi connectivity index (χ2n) is 12.5. The van der Waals surface area contributed by atoms with Gasteiger partial charge in [-0.3, -0.25) is 14.9 Å². The topological polar surface area (TPSA) is 103 Å². The van der Waals surface area contributed by atoms with Gasteiger partial charge < -0.3 is 14.8 Å². The van der Waals surface area contributed by atoms with Crippen molar-refractivity contribution in [3.63, 3.8) is 0 Å². The summed E-state index contributed by atoms with van der Waals surface area (Å²) in [5, 5.41) is 16.0. The number of nitrogens with one attached hydrogen (secondary N) is 2. The predicted octanol–water partition coefficient (Wildman–Crippen LogP) is 6.91. The summed E-state index contributed by atoms with van der Waals surface area (Å²) in [6.45, 7) is 14.0. The number of rotatable bonds is 10. The van der Waals surface area contributed by atoms with Gasteiger partial charge in [0, 0.05) is 25.7 Å². The van der Waals surface area contributed by atoms with Gasteiger partial charge in [-0.05, 0) is 60.9 Å². The molecule has 2 amide bonds. The molecule has 0 bridgehead atoms. The van der Waals surface area contributed by atoms with Gasteiger partial charge in [-0.1, -0.05) is 46.8 Å². The average molecular weight is 611 g/mol. The van der Waals surface area contributed by atoms with Crippen molar-refractivity contribution in [2.45, 2.75) is 86.0 Å². The summed E-state index contributed by atoms with van der Waals surface area (Å²) < 4.78 is 28.2. The van der Waals surface area contributed by atoms with E-state index in [9.17, 15) is 23.6 Å². The van der Waals surface area contributed by atoms with Gasteiger partial charge in [0.1, 0.15) is 11.6 Å². The summed E-state index contributed by atoms with van der Waals surface area (Å²) in [7, 11) is 0. The number of imidazole rings is 1. The highest BCUT2D eigenvalue weighted by Gasteiger charge is 2.32. The first-order valence-electron chi connectivity index (χ1n) is 14.6. The molecule has 1 fully saturated rings. The fraction of sp³-hybridized carbons (Fsp3) is 0.500. The zero-order valence-corrected chi connectivity index (χ0v) is 26.4. The Bertz CT molecular complexity index is 1550. The first-order valence-corrected chi connectivity index (χ1v) is 15.4. The third-order valence-corrected chi connectivity index (χ3v) is 8.99. The van der Waals surface area contributed by atoms with E-state index in [1.807, 2.05) is 36.6 Å². The number of nitrogens with zero attached hydrogens (tertiary/aromatic N) is 4. The maximum atomic E-state index is 13.3. The van der Waals surface area contributed by atoms with Crippen LogP contribution in [0.5, 0.6) is 0 Å². The lowest BCUT2D eigenvalue weighted by molar-refractivity contribution is -0.127. The van der Waals surface area contributed by atoms with Crippen LogP contribution in [0.25, 0.3) is 11.0 Å². The highest BCUT2D eigenvalue weighted by molar-refractivity contribution is 7.14. The molecule has 2 atom stereocenters. The summed E-state index contributed by atoms with van der Waals surface area (Å²) in [6, 6.07) is 10.7. The molecule has 1 aromatic carbocycles. The number of thiophene rings is 1. The minimum Gasteiger partial charge on any atom is -0.333 e. The number of allylic oxidation sites excluding steroid dienone is 1. The predicted molar refractivity (Wildman–Crippen MR) is 166 cm³/mol. The van der Waals surface area contributed by atoms with E-state index in [1.165, 1.54) is 12.1 Å². The Balaban J connectivity index is 1.66. The van der Waals surface area contributed by atoms with E-state index in [0.29, 0.717) is 25.2 Å². The van der Waals surface area contributed by atoms with Gasteiger partial charge in [0.15, 0.2) is 0 Å². The van der Waals surface area contributed by atoms with Crippen LogP contribution in [0, 0.1) is 22.7 Å². The second kappa shape index (κ2) is 13.3. The summed E-state index contributed by atoms with van der Waals surface area (Å²) >= 11 is 0.745. The number of likely N-dealkylation sites (tertiary alicyclic amines) is 1. The van der Waals surface area contributed by atoms with Crippen LogP contribution in [-0.2, 0) is 17.9 Å². The van der Waals surface area contributed by atoms with Crippen molar-refractivity contribution in [1.82, 2.24) is 19.8 Å². The van der Waals surface area contributed by atoms with Gasteiger partial charge >= 0.3 is 0 Å². The van der Waals surface area contributed by atoms with E-state index in [-0.39, 0.29) is 50.6 Å². The monoisotopic (exact) mass is 610 g/mol. The van der Waals surface area contributed by atoms with Crippen molar-refractivity contribution in [3.8, 4) is 6.07 Å². The van der Waals surface area contributed by atoms with Crippen molar-refractivity contribution in [2.24, 2.45) is 11.3 Å². The molecule has 1 aliphatic rings. The minimum atomic E-state index is -2.65. The van der Waals surface area contributed by atoms with Crippen LogP contribution in [0.15, 0.2) is 42.0 Å². The number of fused-ring (bicyclic) bond motifs is 1. The zero-order valence-electron chi connectivity index (χ0n) is 25.6. The number of aromatic nitrogens is 2. The lowest BCUT2D eigenvalue weighted by Crippen LogP contribution is -2.39. The fourth-order valence-electron chi connectivity index (χ4n) is 5.05. The second-order valence-corrected chi connectivity index (χ2v) is 13.6. The van der Waals surface area contributed by atoms with Crippen molar-refractivity contribution in [3.05, 3.63) is 57.3 Å². The molecular formula is C32H40F2N6O2S. The molecule has 0 saturated carbocycles. The molecule has 11 heteroatoms. The van der Waals surface area contributed by atoms with Gasteiger partial charge in [-0.25, -0.2) is 13.8 Å². The Hall–Kier alpha value is -3.62. The molecule has 43 heavy (non-hydrogen) atoms. The summed E-state index contributed by atoms with van der Waals surface area (Å²) in [5.74, 6) is -0.497. The van der Waals surface area contributed by atoms with Gasteiger partial charge in [0.2, 0.25) is 5.95 Å². The molecular weight excluding hydrogens is 570 g/mol. The number of carbonyl (C=O) groups is 2. The first-order chi connectivity index (χ1) is 20.3. The highest BCUT2D eigenvalue weighted by atomic mass is 32.1. The molecule has 4 rings (SSSR count). The molecule has 0 spiro atoms. The molecule has 2 N–H and O–H groups in total. The number of carbonyl (C=O) groups excluding carboxylic acids is 2. The molecule has 3 heterocycles. The van der Waals surface area contributed by atoms with Crippen LogP contribution in [-0.4, -0.2) is 44.9 Å². The number of hydrogen-bond donors (Lipinski definition) is 2. The summed E-state index contributed by atoms with van der Waals surface area (Å²) in [5.41, 5.74) is 2.70. The Kier molecular flexibility index (Phi) is 10.0. The number of halogens is 2. The lowest BCUT2D eigenvalue weighted by atomic mass is 9.88. The van der Waals surface area contributed by atoms with Crippen molar-refractivity contribution in [2.75, 3.05) is 11.9 Å². The molecule has 230 valence electrons. The third-order valence-electron chi connectivity index (χ3n) is 7.90. The molecule has 1 unspecified atom stereocenters. The number of anilines is 1. The van der Waals surface area contributed by atoms with Crippen LogP contribution in [0.1, 0.15) is 80.9 Å². The van der Waals surface area contributed by atoms with Crippen LogP contribution >= 0.6 is 11.3 Å². The van der Waals surface area contributed by atoms with E-state index in [1.54, 1.807) is 11.0 Å². The molecule has 2 aromatic heterocycles. The van der Waals surface area contributed by atoms with E-state index < -0.39 is 12.3 Å². The van der Waals surface area contributed by atoms with Gasteiger partial charge in [-0.2, -0.15) is 5.26 Å². The smallest absolute Gasteiger partial charge is 0.272 e. The maximum absolute atomic E-state index is 13.3. The Morgan fingerprint density at radius 3 is 2.58 bits per heavy atom. The molecule has 1 saturated heterocycles. The standard InChI is InChI=1S/C32H40F2N6O2S/c1-19(2)14-22(16-35)30(42)39-13-7-8-23(39)18-40-25-10-9-21(17-36-20(3)32(4,5)6)15-24(25)37-31(40)38-29(41)27-12-11-26(43-27)28(33)34/h9-12,14-15,19-20,23,28,36H,7-8,13,17-18H2,1-6H3,(H,37,38,41)/t20-,23?/m0/s1. The molecule has 8 nitrogen and oxygen atoms in total. The first kappa shape index (κ1) is 32.3.